The molecule has 0 unspecified atom stereocenters. The number of hydrogen-bond donors (Lipinski definition) is 1. The van der Waals surface area contributed by atoms with Crippen LogP contribution in [-0.2, 0) is 4.84 Å². The smallest absolute Gasteiger partial charge is 0.0679 e. The fourth-order valence-electron chi connectivity index (χ4n) is 0.915. The van der Waals surface area contributed by atoms with Crippen LogP contribution in [0.4, 0.5) is 0 Å². The van der Waals surface area contributed by atoms with Crippen LogP contribution >= 0.6 is 0 Å². The highest BCUT2D eigenvalue weighted by Gasteiger charge is 1.93. The number of unbranched alkanes of at least 4 members (excludes halogenated alkanes) is 2. The van der Waals surface area contributed by atoms with E-state index in [1.165, 1.54) is 19.3 Å². The minimum absolute atomic E-state index is 0.706. The van der Waals surface area contributed by atoms with Crippen molar-refractivity contribution in [1.82, 2.24) is 0 Å². The normalized spacial score (nSPS) is 10.8. The molecule has 0 bridgehead atoms. The van der Waals surface area contributed by atoms with Crippen molar-refractivity contribution in [3.63, 3.8) is 0 Å². The van der Waals surface area contributed by atoms with Crippen molar-refractivity contribution in [3.05, 3.63) is 0 Å². The van der Waals surface area contributed by atoms with Gasteiger partial charge in [-0.15, -0.1) is 0 Å². The Labute approximate surface area is 63.7 Å². The second kappa shape index (κ2) is 7.03. The maximum Gasteiger partial charge on any atom is 0.0679 e. The van der Waals surface area contributed by atoms with Crippen LogP contribution in [0.5, 0.6) is 0 Å². The van der Waals surface area contributed by atoms with Gasteiger partial charge in [-0.1, -0.05) is 33.1 Å². The summed E-state index contributed by atoms with van der Waals surface area (Å²) >= 11 is 0. The highest BCUT2D eigenvalue weighted by atomic mass is 16.6. The van der Waals surface area contributed by atoms with Gasteiger partial charge in [0.2, 0.25) is 0 Å². The number of rotatable bonds is 6. The van der Waals surface area contributed by atoms with E-state index in [2.05, 4.69) is 18.7 Å². The predicted octanol–water partition coefficient (Wildman–Crippen LogP) is 2.09. The van der Waals surface area contributed by atoms with Crippen LogP contribution in [0.1, 0.15) is 39.5 Å². The van der Waals surface area contributed by atoms with Gasteiger partial charge < -0.3 is 4.84 Å². The van der Waals surface area contributed by atoms with Crippen LogP contribution in [-0.4, -0.2) is 6.61 Å². The van der Waals surface area contributed by atoms with E-state index >= 15 is 0 Å². The highest BCUT2D eigenvalue weighted by molar-refractivity contribution is 4.46. The van der Waals surface area contributed by atoms with E-state index in [9.17, 15) is 0 Å². The molecular formula is C8H19NO. The van der Waals surface area contributed by atoms with Crippen molar-refractivity contribution < 1.29 is 4.84 Å². The van der Waals surface area contributed by atoms with Gasteiger partial charge in [0.25, 0.3) is 0 Å². The molecule has 0 heterocycles. The molecule has 0 fully saturated rings. The SMILES string of the molecule is CC(C)CCCCCON. The molecule has 0 aromatic carbocycles. The third kappa shape index (κ3) is 7.92. The molecule has 0 aliphatic heterocycles. The third-order valence-electron chi connectivity index (χ3n) is 1.54. The molecule has 0 radical (unpaired) electrons. The Kier molecular flexibility index (Phi) is 6.98. The van der Waals surface area contributed by atoms with Gasteiger partial charge in [0.15, 0.2) is 0 Å². The van der Waals surface area contributed by atoms with Crippen LogP contribution in [0.25, 0.3) is 0 Å². The van der Waals surface area contributed by atoms with Gasteiger partial charge in [-0.2, -0.15) is 0 Å². The summed E-state index contributed by atoms with van der Waals surface area (Å²) in [6.45, 7) is 5.21. The third-order valence-corrected chi connectivity index (χ3v) is 1.54. The highest BCUT2D eigenvalue weighted by Crippen LogP contribution is 2.07. The molecule has 0 spiro atoms. The molecule has 2 heteroatoms. The number of hydrogen-bond acceptors (Lipinski definition) is 2. The van der Waals surface area contributed by atoms with Crippen molar-refractivity contribution in [2.75, 3.05) is 6.61 Å². The van der Waals surface area contributed by atoms with E-state index in [-0.39, 0.29) is 0 Å². The molecule has 0 aromatic heterocycles. The second-order valence-electron chi connectivity index (χ2n) is 3.11. The molecule has 0 atom stereocenters. The van der Waals surface area contributed by atoms with Gasteiger partial charge in [-0.3, -0.25) is 0 Å². The van der Waals surface area contributed by atoms with Crippen LogP contribution in [0.15, 0.2) is 0 Å². The molecule has 2 N–H and O–H groups in total. The zero-order valence-corrected chi connectivity index (χ0v) is 7.10. The molecule has 0 saturated heterocycles. The quantitative estimate of drug-likeness (QED) is 0.459. The van der Waals surface area contributed by atoms with Crippen molar-refractivity contribution in [2.24, 2.45) is 11.8 Å². The van der Waals surface area contributed by atoms with Gasteiger partial charge in [0.1, 0.15) is 0 Å². The lowest BCUT2D eigenvalue weighted by Crippen LogP contribution is -2.00. The lowest BCUT2D eigenvalue weighted by molar-refractivity contribution is 0.133. The van der Waals surface area contributed by atoms with Gasteiger partial charge in [-0.25, -0.2) is 5.90 Å². The Morgan fingerprint density at radius 1 is 1.20 bits per heavy atom. The van der Waals surface area contributed by atoms with E-state index in [1.54, 1.807) is 0 Å². The standard InChI is InChI=1S/C8H19NO/c1-8(2)6-4-3-5-7-10-9/h8H,3-7,9H2,1-2H3. The number of nitrogens with two attached hydrogens (primary N) is 1. The van der Waals surface area contributed by atoms with Crippen LogP contribution < -0.4 is 5.90 Å². The first-order valence-corrected chi connectivity index (χ1v) is 4.09. The van der Waals surface area contributed by atoms with Crippen molar-refractivity contribution in [2.45, 2.75) is 39.5 Å². The van der Waals surface area contributed by atoms with Gasteiger partial charge in [0.05, 0.1) is 6.61 Å². The zero-order chi connectivity index (χ0) is 7.82. The second-order valence-corrected chi connectivity index (χ2v) is 3.11. The van der Waals surface area contributed by atoms with E-state index in [0.29, 0.717) is 6.61 Å². The van der Waals surface area contributed by atoms with E-state index in [4.69, 9.17) is 5.90 Å². The molecule has 0 saturated carbocycles. The molecule has 10 heavy (non-hydrogen) atoms. The molecule has 0 amide bonds. The maximum atomic E-state index is 4.87. The van der Waals surface area contributed by atoms with Crippen molar-refractivity contribution in [3.8, 4) is 0 Å². The minimum atomic E-state index is 0.706. The Balaban J connectivity index is 2.77. The van der Waals surface area contributed by atoms with Crippen LogP contribution in [0.2, 0.25) is 0 Å². The van der Waals surface area contributed by atoms with E-state index < -0.39 is 0 Å². The topological polar surface area (TPSA) is 35.2 Å². The Morgan fingerprint density at radius 2 is 1.90 bits per heavy atom. The summed E-state index contributed by atoms with van der Waals surface area (Å²) in [5.74, 6) is 5.70. The molecule has 0 aromatic rings. The summed E-state index contributed by atoms with van der Waals surface area (Å²) in [4.78, 5) is 4.45. The van der Waals surface area contributed by atoms with Gasteiger partial charge >= 0.3 is 0 Å². The predicted molar refractivity (Wildman–Crippen MR) is 43.4 cm³/mol. The van der Waals surface area contributed by atoms with E-state index in [1.807, 2.05) is 0 Å². The molecule has 62 valence electrons. The summed E-state index contributed by atoms with van der Waals surface area (Å²) in [6.07, 6.45) is 4.98. The van der Waals surface area contributed by atoms with Gasteiger partial charge in [-0.05, 0) is 12.3 Å². The maximum absolute atomic E-state index is 4.87. The van der Waals surface area contributed by atoms with Gasteiger partial charge in [0, 0.05) is 0 Å². The largest absolute Gasteiger partial charge is 0.305 e. The fraction of sp³-hybridized carbons (Fsp3) is 1.00. The average molecular weight is 145 g/mol. The summed E-state index contributed by atoms with van der Waals surface area (Å²) < 4.78 is 0. The zero-order valence-electron chi connectivity index (χ0n) is 7.10. The minimum Gasteiger partial charge on any atom is -0.305 e. The molecule has 0 aliphatic rings. The first-order chi connectivity index (χ1) is 4.77. The Hall–Kier alpha value is -0.0800. The lowest BCUT2D eigenvalue weighted by atomic mass is 10.1. The van der Waals surface area contributed by atoms with Crippen molar-refractivity contribution >= 4 is 0 Å². The summed E-state index contributed by atoms with van der Waals surface area (Å²) in [5.41, 5.74) is 0. The summed E-state index contributed by atoms with van der Waals surface area (Å²) in [5, 5.41) is 0. The first kappa shape index (κ1) is 9.92. The average Bonchev–Trinajstić information content (AvgIpc) is 1.87. The molecule has 0 aliphatic carbocycles. The monoisotopic (exact) mass is 145 g/mol. The molecule has 0 rings (SSSR count). The Morgan fingerprint density at radius 3 is 2.40 bits per heavy atom. The summed E-state index contributed by atoms with van der Waals surface area (Å²) in [6, 6.07) is 0. The fourth-order valence-corrected chi connectivity index (χ4v) is 0.915. The lowest BCUT2D eigenvalue weighted by Gasteiger charge is -2.02. The molecular weight excluding hydrogens is 126 g/mol. The van der Waals surface area contributed by atoms with Crippen molar-refractivity contribution in [1.29, 1.82) is 0 Å². The first-order valence-electron chi connectivity index (χ1n) is 4.09. The summed E-state index contributed by atoms with van der Waals surface area (Å²) in [7, 11) is 0. The molecule has 2 nitrogen and oxygen atoms in total. The van der Waals surface area contributed by atoms with Crippen LogP contribution in [0, 0.1) is 5.92 Å². The Bertz CT molecular complexity index is 64.3. The van der Waals surface area contributed by atoms with E-state index in [0.717, 1.165) is 12.3 Å². The van der Waals surface area contributed by atoms with Crippen LogP contribution in [0.3, 0.4) is 0 Å².